The molecule has 0 spiro atoms. The molecule has 6 nitrogen and oxygen atoms in total. The number of phenols is 1. The topological polar surface area (TPSA) is 78.9 Å². The molecule has 0 atom stereocenters. The number of benzene rings is 2. The van der Waals surface area contributed by atoms with Crippen LogP contribution in [0.2, 0.25) is 0 Å². The maximum absolute atomic E-state index is 12.6. The average Bonchev–Trinajstić information content (AvgIpc) is 2.91. The first-order chi connectivity index (χ1) is 13.0. The largest absolute Gasteiger partial charge is 0.504 e. The molecule has 1 heterocycles. The number of carbonyl (C=O) groups excluding carboxylic acids is 2. The van der Waals surface area contributed by atoms with Crippen LogP contribution in [0.1, 0.15) is 11.1 Å². The van der Waals surface area contributed by atoms with Gasteiger partial charge in [0, 0.05) is 0 Å². The Hall–Kier alpha value is -2.84. The van der Waals surface area contributed by atoms with Gasteiger partial charge in [0.2, 0.25) is 5.91 Å². The highest BCUT2D eigenvalue weighted by molar-refractivity contribution is 8.26. The summed E-state index contributed by atoms with van der Waals surface area (Å²) in [6.07, 6.45) is 1.77. The van der Waals surface area contributed by atoms with Crippen LogP contribution in [0.5, 0.6) is 11.5 Å². The Balaban J connectivity index is 1.72. The number of methoxy groups -OCH3 is 1. The normalized spacial score (nSPS) is 15.3. The number of phenolic OH excluding ortho intramolecular Hbond substituents is 1. The number of amides is 2. The molecule has 2 N–H and O–H groups in total. The number of rotatable bonds is 5. The Morgan fingerprint density at radius 3 is 2.74 bits per heavy atom. The molecule has 1 aliphatic rings. The minimum absolute atomic E-state index is 0.00961. The number of ether oxygens (including phenoxy) is 1. The fourth-order valence-corrected chi connectivity index (χ4v) is 3.62. The molecule has 0 saturated carbocycles. The lowest BCUT2D eigenvalue weighted by Crippen LogP contribution is -2.45. The molecule has 0 unspecified atom stereocenters. The smallest absolute Gasteiger partial charge is 0.285 e. The summed E-state index contributed by atoms with van der Waals surface area (Å²) in [4.78, 5) is 25.2. The van der Waals surface area contributed by atoms with Crippen LogP contribution < -0.4 is 10.2 Å². The Kier molecular flexibility index (Phi) is 5.78. The summed E-state index contributed by atoms with van der Waals surface area (Å²) in [5.41, 5.74) is 4.06. The van der Waals surface area contributed by atoms with E-state index in [0.717, 1.165) is 22.3 Å². The van der Waals surface area contributed by atoms with E-state index in [-0.39, 0.29) is 22.4 Å². The van der Waals surface area contributed by atoms with Gasteiger partial charge in [-0.2, -0.15) is 5.01 Å². The van der Waals surface area contributed by atoms with Gasteiger partial charge in [-0.1, -0.05) is 48.2 Å². The van der Waals surface area contributed by atoms with Crippen molar-refractivity contribution < 1.29 is 19.4 Å². The second kappa shape index (κ2) is 8.24. The van der Waals surface area contributed by atoms with Crippen LogP contribution in [-0.2, 0) is 16.0 Å². The fraction of sp³-hybridized carbons (Fsp3) is 0.105. The molecule has 1 aliphatic heterocycles. The third kappa shape index (κ3) is 4.47. The number of carbonyl (C=O) groups is 2. The average molecular weight is 400 g/mol. The van der Waals surface area contributed by atoms with Crippen LogP contribution >= 0.6 is 24.0 Å². The van der Waals surface area contributed by atoms with Crippen LogP contribution in [0.4, 0.5) is 0 Å². The Labute approximate surface area is 165 Å². The van der Waals surface area contributed by atoms with Crippen molar-refractivity contribution in [2.75, 3.05) is 7.11 Å². The van der Waals surface area contributed by atoms with Crippen LogP contribution in [0.3, 0.4) is 0 Å². The van der Waals surface area contributed by atoms with E-state index in [4.69, 9.17) is 17.0 Å². The summed E-state index contributed by atoms with van der Waals surface area (Å²) < 4.78 is 5.31. The third-order valence-electron chi connectivity index (χ3n) is 3.74. The standard InChI is InChI=1S/C19H16N2O4S2/c1-25-15-9-13(7-8-14(15)22)10-16-18(24)21(19(26)27-16)20-17(23)11-12-5-3-2-4-6-12/h2-10,22H,11H2,1H3,(H,20,23)/b16-10+. The number of nitrogens with one attached hydrogen (secondary N) is 1. The molecule has 0 radical (unpaired) electrons. The first kappa shape index (κ1) is 18.9. The molecule has 3 rings (SSSR count). The van der Waals surface area contributed by atoms with Crippen molar-refractivity contribution in [3.8, 4) is 11.5 Å². The van der Waals surface area contributed by atoms with Gasteiger partial charge in [0.1, 0.15) is 0 Å². The molecule has 0 aromatic heterocycles. The van der Waals surface area contributed by atoms with Gasteiger partial charge in [-0.15, -0.1) is 0 Å². The van der Waals surface area contributed by atoms with E-state index in [0.29, 0.717) is 16.2 Å². The summed E-state index contributed by atoms with van der Waals surface area (Å²) in [6.45, 7) is 0. The molecule has 27 heavy (non-hydrogen) atoms. The Morgan fingerprint density at radius 1 is 1.30 bits per heavy atom. The van der Waals surface area contributed by atoms with Crippen molar-refractivity contribution in [3.63, 3.8) is 0 Å². The molecule has 8 heteroatoms. The number of hydrazine groups is 1. The Bertz CT molecular complexity index is 929. The molecule has 2 aromatic rings. The quantitative estimate of drug-likeness (QED) is 0.594. The summed E-state index contributed by atoms with van der Waals surface area (Å²) >= 11 is 6.30. The molecule has 0 bridgehead atoms. The van der Waals surface area contributed by atoms with Crippen molar-refractivity contribution in [3.05, 3.63) is 64.6 Å². The van der Waals surface area contributed by atoms with Crippen LogP contribution in [-0.4, -0.2) is 33.4 Å². The molecule has 138 valence electrons. The SMILES string of the molecule is COc1cc(/C=C2/SC(=S)N(NC(=O)Cc3ccccc3)C2=O)ccc1O. The van der Waals surface area contributed by atoms with Crippen LogP contribution in [0.15, 0.2) is 53.4 Å². The molecule has 2 aromatic carbocycles. The zero-order valence-corrected chi connectivity index (χ0v) is 16.0. The van der Waals surface area contributed by atoms with Gasteiger partial charge in [0.15, 0.2) is 15.8 Å². The van der Waals surface area contributed by atoms with Gasteiger partial charge in [-0.25, -0.2) is 0 Å². The van der Waals surface area contributed by atoms with E-state index in [2.05, 4.69) is 5.43 Å². The number of thiocarbonyl (C=S) groups is 1. The van der Waals surface area contributed by atoms with Crippen molar-refractivity contribution in [1.29, 1.82) is 0 Å². The Morgan fingerprint density at radius 2 is 2.04 bits per heavy atom. The van der Waals surface area contributed by atoms with Gasteiger partial charge < -0.3 is 9.84 Å². The fourth-order valence-electron chi connectivity index (χ4n) is 2.44. The summed E-state index contributed by atoms with van der Waals surface area (Å²) in [5, 5.41) is 10.7. The minimum atomic E-state index is -0.404. The summed E-state index contributed by atoms with van der Waals surface area (Å²) in [6, 6.07) is 14.0. The predicted octanol–water partition coefficient (Wildman–Crippen LogP) is 2.88. The highest BCUT2D eigenvalue weighted by Gasteiger charge is 2.33. The maximum atomic E-state index is 12.6. The molecular weight excluding hydrogens is 384 g/mol. The monoisotopic (exact) mass is 400 g/mol. The van der Waals surface area contributed by atoms with Crippen LogP contribution in [0, 0.1) is 0 Å². The van der Waals surface area contributed by atoms with E-state index in [1.54, 1.807) is 18.2 Å². The van der Waals surface area contributed by atoms with Crippen molar-refractivity contribution in [2.24, 2.45) is 0 Å². The predicted molar refractivity (Wildman–Crippen MR) is 108 cm³/mol. The van der Waals surface area contributed by atoms with E-state index in [1.165, 1.54) is 13.2 Å². The highest BCUT2D eigenvalue weighted by atomic mass is 32.2. The van der Waals surface area contributed by atoms with E-state index in [1.807, 2.05) is 30.3 Å². The van der Waals surface area contributed by atoms with Gasteiger partial charge >= 0.3 is 0 Å². The van der Waals surface area contributed by atoms with Gasteiger partial charge in [0.25, 0.3) is 5.91 Å². The highest BCUT2D eigenvalue weighted by Crippen LogP contribution is 2.33. The van der Waals surface area contributed by atoms with Crippen molar-refractivity contribution >= 4 is 46.2 Å². The van der Waals surface area contributed by atoms with Gasteiger partial charge in [0.05, 0.1) is 18.4 Å². The molecule has 1 saturated heterocycles. The second-order valence-corrected chi connectivity index (χ2v) is 7.32. The molecular formula is C19H16N2O4S2. The van der Waals surface area contributed by atoms with Crippen molar-refractivity contribution in [2.45, 2.75) is 6.42 Å². The lowest BCUT2D eigenvalue weighted by atomic mass is 10.1. The lowest BCUT2D eigenvalue weighted by Gasteiger charge is -2.15. The zero-order chi connectivity index (χ0) is 19.4. The second-order valence-electron chi connectivity index (χ2n) is 5.65. The minimum Gasteiger partial charge on any atom is -0.504 e. The van der Waals surface area contributed by atoms with Crippen LogP contribution in [0.25, 0.3) is 6.08 Å². The van der Waals surface area contributed by atoms with E-state index in [9.17, 15) is 14.7 Å². The molecule has 1 fully saturated rings. The third-order valence-corrected chi connectivity index (χ3v) is 5.04. The number of thioether (sulfide) groups is 1. The number of aromatic hydroxyl groups is 1. The van der Waals surface area contributed by atoms with Gasteiger partial charge in [-0.05, 0) is 41.6 Å². The molecule has 2 amide bonds. The first-order valence-corrected chi connectivity index (χ1v) is 9.19. The number of nitrogens with zero attached hydrogens (tertiary/aromatic N) is 1. The lowest BCUT2D eigenvalue weighted by molar-refractivity contribution is -0.132. The number of hydrogen-bond donors (Lipinski definition) is 2. The van der Waals surface area contributed by atoms with E-state index >= 15 is 0 Å². The van der Waals surface area contributed by atoms with E-state index < -0.39 is 5.91 Å². The van der Waals surface area contributed by atoms with Crippen molar-refractivity contribution in [1.82, 2.24) is 10.4 Å². The maximum Gasteiger partial charge on any atom is 0.285 e. The number of hydrogen-bond acceptors (Lipinski definition) is 6. The molecule has 0 aliphatic carbocycles. The summed E-state index contributed by atoms with van der Waals surface area (Å²) in [7, 11) is 1.45. The summed E-state index contributed by atoms with van der Waals surface area (Å²) in [5.74, 6) is -0.422. The first-order valence-electron chi connectivity index (χ1n) is 7.96. The van der Waals surface area contributed by atoms with Gasteiger partial charge in [-0.3, -0.25) is 15.0 Å². The zero-order valence-electron chi connectivity index (χ0n) is 14.3.